The molecule has 2 rings (SSSR count). The molecule has 0 unspecified atom stereocenters. The molecule has 0 atom stereocenters. The number of nitrogens with one attached hydrogen (secondary N) is 1. The van der Waals surface area contributed by atoms with Crippen molar-refractivity contribution in [3.8, 4) is 0 Å². The smallest absolute Gasteiger partial charge is 0.224 e. The Balaban J connectivity index is 1.82. The Morgan fingerprint density at radius 1 is 1.18 bits per heavy atom. The fourth-order valence-corrected chi connectivity index (χ4v) is 2.47. The summed E-state index contributed by atoms with van der Waals surface area (Å²) in [6, 6.07) is 8.17. The van der Waals surface area contributed by atoms with Gasteiger partial charge < -0.3 is 5.32 Å². The van der Waals surface area contributed by atoms with E-state index < -0.39 is 0 Å². The summed E-state index contributed by atoms with van der Waals surface area (Å²) < 4.78 is 0. The summed E-state index contributed by atoms with van der Waals surface area (Å²) in [6.45, 7) is 0. The largest absolute Gasteiger partial charge is 0.353 e. The first-order chi connectivity index (χ1) is 8.24. The van der Waals surface area contributed by atoms with Crippen LogP contribution in [0.1, 0.15) is 37.7 Å². The molecule has 0 spiro atoms. The summed E-state index contributed by atoms with van der Waals surface area (Å²) in [4.78, 5) is 12.8. The molecular formula is C14H19NOS. The standard InChI is InChI=1S/C14H19NOS/c16-14(15-12-4-2-1-3-5-12)10-11-6-8-13(17)9-7-11/h6-9,12,17H,1-5,10H2,(H,15,16). The molecule has 0 radical (unpaired) electrons. The van der Waals surface area contributed by atoms with Crippen LogP contribution in [0, 0.1) is 0 Å². The van der Waals surface area contributed by atoms with Crippen molar-refractivity contribution in [2.24, 2.45) is 0 Å². The van der Waals surface area contributed by atoms with Crippen LogP contribution in [0.3, 0.4) is 0 Å². The number of hydrogen-bond acceptors (Lipinski definition) is 2. The van der Waals surface area contributed by atoms with E-state index in [1.165, 1.54) is 19.3 Å². The van der Waals surface area contributed by atoms with Gasteiger partial charge in [0.25, 0.3) is 0 Å². The quantitative estimate of drug-likeness (QED) is 0.792. The topological polar surface area (TPSA) is 29.1 Å². The van der Waals surface area contributed by atoms with Crippen LogP contribution in [-0.4, -0.2) is 11.9 Å². The van der Waals surface area contributed by atoms with E-state index in [1.54, 1.807) is 0 Å². The van der Waals surface area contributed by atoms with Crippen molar-refractivity contribution in [3.63, 3.8) is 0 Å². The van der Waals surface area contributed by atoms with Crippen LogP contribution < -0.4 is 5.32 Å². The Bertz CT molecular complexity index is 368. The normalized spacial score (nSPS) is 16.8. The zero-order valence-corrected chi connectivity index (χ0v) is 10.9. The molecule has 3 heteroatoms. The van der Waals surface area contributed by atoms with Gasteiger partial charge >= 0.3 is 0 Å². The maximum atomic E-state index is 11.8. The van der Waals surface area contributed by atoms with Crippen molar-refractivity contribution in [2.45, 2.75) is 49.5 Å². The summed E-state index contributed by atoms with van der Waals surface area (Å²) >= 11 is 4.23. The Hall–Kier alpha value is -0.960. The molecule has 1 aliphatic carbocycles. The highest BCUT2D eigenvalue weighted by atomic mass is 32.1. The zero-order valence-electron chi connectivity index (χ0n) is 9.98. The number of hydrogen-bond donors (Lipinski definition) is 2. The lowest BCUT2D eigenvalue weighted by Gasteiger charge is -2.22. The maximum Gasteiger partial charge on any atom is 0.224 e. The average molecular weight is 249 g/mol. The van der Waals surface area contributed by atoms with Gasteiger partial charge in [0.05, 0.1) is 6.42 Å². The van der Waals surface area contributed by atoms with Gasteiger partial charge in [0.1, 0.15) is 0 Å². The predicted molar refractivity (Wildman–Crippen MR) is 72.4 cm³/mol. The van der Waals surface area contributed by atoms with Gasteiger partial charge in [-0.25, -0.2) is 0 Å². The van der Waals surface area contributed by atoms with Crippen LogP contribution in [-0.2, 0) is 11.2 Å². The molecule has 0 aromatic heterocycles. The van der Waals surface area contributed by atoms with E-state index in [0.29, 0.717) is 12.5 Å². The van der Waals surface area contributed by atoms with Crippen LogP contribution >= 0.6 is 12.6 Å². The fraction of sp³-hybridized carbons (Fsp3) is 0.500. The SMILES string of the molecule is O=C(Cc1ccc(S)cc1)NC1CCCCC1. The van der Waals surface area contributed by atoms with E-state index in [2.05, 4.69) is 17.9 Å². The van der Waals surface area contributed by atoms with Crippen LogP contribution in [0.25, 0.3) is 0 Å². The van der Waals surface area contributed by atoms with E-state index in [-0.39, 0.29) is 5.91 Å². The second kappa shape index (κ2) is 6.10. The van der Waals surface area contributed by atoms with Gasteiger partial charge in [-0.2, -0.15) is 0 Å². The van der Waals surface area contributed by atoms with E-state index in [4.69, 9.17) is 0 Å². The number of thiol groups is 1. The third-order valence-electron chi connectivity index (χ3n) is 3.27. The van der Waals surface area contributed by atoms with E-state index in [0.717, 1.165) is 23.3 Å². The molecule has 17 heavy (non-hydrogen) atoms. The Morgan fingerprint density at radius 2 is 1.82 bits per heavy atom. The lowest BCUT2D eigenvalue weighted by molar-refractivity contribution is -0.121. The van der Waals surface area contributed by atoms with Gasteiger partial charge in [0.2, 0.25) is 5.91 Å². The number of amides is 1. The minimum absolute atomic E-state index is 0.142. The van der Waals surface area contributed by atoms with Crippen molar-refractivity contribution in [2.75, 3.05) is 0 Å². The van der Waals surface area contributed by atoms with Crippen molar-refractivity contribution < 1.29 is 4.79 Å². The number of carbonyl (C=O) groups is 1. The second-order valence-electron chi connectivity index (χ2n) is 4.75. The first-order valence-corrected chi connectivity index (χ1v) is 6.76. The molecule has 1 aliphatic rings. The monoisotopic (exact) mass is 249 g/mol. The van der Waals surface area contributed by atoms with Gasteiger partial charge in [-0.15, -0.1) is 12.6 Å². The molecule has 0 saturated heterocycles. The predicted octanol–water partition coefficient (Wildman–Crippen LogP) is 2.97. The third kappa shape index (κ3) is 4.08. The summed E-state index contributed by atoms with van der Waals surface area (Å²) in [5.41, 5.74) is 1.05. The number of benzene rings is 1. The van der Waals surface area contributed by atoms with E-state index in [1.807, 2.05) is 24.3 Å². The van der Waals surface area contributed by atoms with Crippen LogP contribution in [0.2, 0.25) is 0 Å². The highest BCUT2D eigenvalue weighted by Gasteiger charge is 2.15. The lowest BCUT2D eigenvalue weighted by Crippen LogP contribution is -2.37. The molecule has 1 saturated carbocycles. The van der Waals surface area contributed by atoms with Crippen molar-refractivity contribution >= 4 is 18.5 Å². The summed E-state index contributed by atoms with van der Waals surface area (Å²) in [5.74, 6) is 0.142. The maximum absolute atomic E-state index is 11.8. The minimum atomic E-state index is 0.142. The fourth-order valence-electron chi connectivity index (χ4n) is 2.32. The molecule has 0 bridgehead atoms. The second-order valence-corrected chi connectivity index (χ2v) is 5.26. The molecule has 0 heterocycles. The van der Waals surface area contributed by atoms with Crippen molar-refractivity contribution in [1.29, 1.82) is 0 Å². The molecule has 1 aromatic carbocycles. The summed E-state index contributed by atoms with van der Waals surface area (Å²) in [7, 11) is 0. The average Bonchev–Trinajstić information content (AvgIpc) is 2.33. The van der Waals surface area contributed by atoms with Gasteiger partial charge in [-0.1, -0.05) is 31.4 Å². The molecular weight excluding hydrogens is 230 g/mol. The first-order valence-electron chi connectivity index (χ1n) is 6.31. The zero-order chi connectivity index (χ0) is 12.1. The molecule has 1 amide bonds. The number of carbonyl (C=O) groups excluding carboxylic acids is 1. The van der Waals surface area contributed by atoms with Crippen molar-refractivity contribution in [3.05, 3.63) is 29.8 Å². The molecule has 2 nitrogen and oxygen atoms in total. The summed E-state index contributed by atoms with van der Waals surface area (Å²) in [5, 5.41) is 3.12. The number of rotatable bonds is 3. The Kier molecular flexibility index (Phi) is 4.49. The van der Waals surface area contributed by atoms with Gasteiger partial charge in [0, 0.05) is 10.9 Å². The molecule has 1 fully saturated rings. The van der Waals surface area contributed by atoms with Crippen molar-refractivity contribution in [1.82, 2.24) is 5.32 Å². The van der Waals surface area contributed by atoms with Gasteiger partial charge in [-0.3, -0.25) is 4.79 Å². The van der Waals surface area contributed by atoms with Gasteiger partial charge in [-0.05, 0) is 30.5 Å². The highest BCUT2D eigenvalue weighted by molar-refractivity contribution is 7.80. The van der Waals surface area contributed by atoms with Gasteiger partial charge in [0.15, 0.2) is 0 Å². The molecule has 92 valence electrons. The highest BCUT2D eigenvalue weighted by Crippen LogP contribution is 2.17. The van der Waals surface area contributed by atoms with Crippen LogP contribution in [0.5, 0.6) is 0 Å². The molecule has 1 aromatic rings. The molecule has 0 aliphatic heterocycles. The van der Waals surface area contributed by atoms with E-state index >= 15 is 0 Å². The Morgan fingerprint density at radius 3 is 2.47 bits per heavy atom. The lowest BCUT2D eigenvalue weighted by atomic mass is 9.95. The third-order valence-corrected chi connectivity index (χ3v) is 3.57. The minimum Gasteiger partial charge on any atom is -0.353 e. The van der Waals surface area contributed by atoms with Crippen LogP contribution in [0.15, 0.2) is 29.2 Å². The summed E-state index contributed by atoms with van der Waals surface area (Å²) in [6.07, 6.45) is 6.57. The van der Waals surface area contributed by atoms with Crippen LogP contribution in [0.4, 0.5) is 0 Å². The molecule has 1 N–H and O–H groups in total. The Labute approximate surface area is 108 Å². The van der Waals surface area contributed by atoms with E-state index in [9.17, 15) is 4.79 Å². The first kappa shape index (κ1) is 12.5.